The highest BCUT2D eigenvalue weighted by atomic mass is 79.9. The van der Waals surface area contributed by atoms with Gasteiger partial charge in [-0.15, -0.1) is 5.10 Å². The van der Waals surface area contributed by atoms with Crippen molar-refractivity contribution in [3.63, 3.8) is 0 Å². The fourth-order valence-electron chi connectivity index (χ4n) is 6.93. The molecule has 2 bridgehead atoms. The lowest BCUT2D eigenvalue weighted by atomic mass is 9.42. The van der Waals surface area contributed by atoms with E-state index >= 15 is 0 Å². The molecule has 1 aromatic carbocycles. The lowest BCUT2D eigenvalue weighted by Gasteiger charge is -2.66. The van der Waals surface area contributed by atoms with Crippen molar-refractivity contribution in [2.75, 3.05) is 13.2 Å². The molecule has 40 heavy (non-hydrogen) atoms. The fraction of sp³-hybridized carbons (Fsp3) is 0.448. The molecule has 1 N–H and O–H groups in total. The monoisotopic (exact) mass is 604 g/mol. The molecule has 3 aliphatic carbocycles. The van der Waals surface area contributed by atoms with Crippen LogP contribution in [0.1, 0.15) is 56.0 Å². The predicted molar refractivity (Wildman–Crippen MR) is 151 cm³/mol. The number of pyridine rings is 1. The second kappa shape index (κ2) is 9.19. The van der Waals surface area contributed by atoms with Gasteiger partial charge in [0.1, 0.15) is 17.0 Å². The van der Waals surface area contributed by atoms with E-state index in [0.717, 1.165) is 96.2 Å². The number of hydrogen-bond acceptors (Lipinski definition) is 6. The number of ether oxygens (including phenoxy) is 1. The Balaban J connectivity index is 0.983. The number of nitrogens with one attached hydrogen (secondary N) is 1. The molecule has 1 aliphatic heterocycles. The highest BCUT2D eigenvalue weighted by molar-refractivity contribution is 9.10. The Morgan fingerprint density at radius 2 is 2.02 bits per heavy atom. The Kier molecular flexibility index (Phi) is 5.66. The van der Waals surface area contributed by atoms with Crippen molar-refractivity contribution in [3.05, 3.63) is 64.8 Å². The lowest BCUT2D eigenvalue weighted by Crippen LogP contribution is -2.67. The minimum Gasteiger partial charge on any atom is -0.356 e. The molecule has 5 aromatic rings. The highest BCUT2D eigenvalue weighted by Crippen LogP contribution is 2.69. The molecule has 0 spiro atoms. The van der Waals surface area contributed by atoms with Gasteiger partial charge in [-0.3, -0.25) is 0 Å². The number of aromatic nitrogens is 7. The van der Waals surface area contributed by atoms with Gasteiger partial charge in [0, 0.05) is 47.5 Å². The molecule has 4 aliphatic rings. The van der Waals surface area contributed by atoms with Crippen LogP contribution in [0.2, 0.25) is 0 Å². The molecule has 5 heterocycles. The van der Waals surface area contributed by atoms with Crippen LogP contribution >= 0.6 is 15.9 Å². The predicted octanol–water partition coefficient (Wildman–Crippen LogP) is 5.43. The third kappa shape index (κ3) is 4.26. The zero-order chi connectivity index (χ0) is 26.9. The van der Waals surface area contributed by atoms with Crippen molar-refractivity contribution in [1.29, 1.82) is 0 Å². The Bertz CT molecular complexity index is 1710. The van der Waals surface area contributed by atoms with Crippen LogP contribution < -0.4 is 5.32 Å². The number of nitrogens with zero attached hydrogens (tertiary/aromatic N) is 7. The van der Waals surface area contributed by atoms with Crippen LogP contribution in [0.5, 0.6) is 0 Å². The summed E-state index contributed by atoms with van der Waals surface area (Å²) in [6, 6.07) is 8.29. The molecular weight excluding hydrogens is 575 g/mol. The summed E-state index contributed by atoms with van der Waals surface area (Å²) in [5, 5.41) is 18.1. The van der Waals surface area contributed by atoms with Crippen LogP contribution in [-0.2, 0) is 17.8 Å². The van der Waals surface area contributed by atoms with Crippen molar-refractivity contribution in [3.8, 4) is 11.3 Å². The van der Waals surface area contributed by atoms with Gasteiger partial charge in [-0.1, -0.05) is 27.2 Å². The molecule has 3 saturated carbocycles. The first-order valence-electron chi connectivity index (χ1n) is 14.0. The van der Waals surface area contributed by atoms with Gasteiger partial charge in [0.15, 0.2) is 6.23 Å². The van der Waals surface area contributed by atoms with E-state index in [4.69, 9.17) is 9.72 Å². The smallest absolute Gasteiger partial charge is 0.150 e. The van der Waals surface area contributed by atoms with Crippen LogP contribution in [-0.4, -0.2) is 53.0 Å². The average molecular weight is 606 g/mol. The summed E-state index contributed by atoms with van der Waals surface area (Å²) in [6.07, 6.45) is 13.4. The molecule has 11 heteroatoms. The minimum absolute atomic E-state index is 0.0349. The maximum Gasteiger partial charge on any atom is 0.150 e. The largest absolute Gasteiger partial charge is 0.356 e. The van der Waals surface area contributed by atoms with Gasteiger partial charge in [0.2, 0.25) is 0 Å². The van der Waals surface area contributed by atoms with E-state index in [1.54, 1.807) is 0 Å². The summed E-state index contributed by atoms with van der Waals surface area (Å²) < 4.78 is 26.6. The third-order valence-corrected chi connectivity index (χ3v) is 9.17. The van der Waals surface area contributed by atoms with Gasteiger partial charge in [-0.05, 0) is 67.7 Å². The molecule has 0 amide bonds. The molecule has 1 atom stereocenters. The van der Waals surface area contributed by atoms with Crippen LogP contribution in [0.15, 0.2) is 53.5 Å². The molecule has 9 nitrogen and oxygen atoms in total. The first-order chi connectivity index (χ1) is 19.4. The van der Waals surface area contributed by atoms with Gasteiger partial charge in [0.05, 0.1) is 30.1 Å². The zero-order valence-electron chi connectivity index (χ0n) is 22.1. The van der Waals surface area contributed by atoms with Gasteiger partial charge >= 0.3 is 0 Å². The minimum atomic E-state index is -0.837. The first kappa shape index (κ1) is 24.6. The Hall–Kier alpha value is -3.15. The molecular formula is C29H30BrFN8O. The van der Waals surface area contributed by atoms with Gasteiger partial charge in [0.25, 0.3) is 0 Å². The number of fused-ring (bicyclic) bond motifs is 2. The summed E-state index contributed by atoms with van der Waals surface area (Å²) in [4.78, 5) is 4.78. The first-order valence-corrected chi connectivity index (χ1v) is 14.8. The van der Waals surface area contributed by atoms with Crippen molar-refractivity contribution in [2.45, 2.75) is 63.5 Å². The van der Waals surface area contributed by atoms with Crippen molar-refractivity contribution < 1.29 is 9.13 Å². The maximum atomic E-state index is 13.8. The Morgan fingerprint density at radius 3 is 2.85 bits per heavy atom. The molecule has 1 unspecified atom stereocenters. The van der Waals surface area contributed by atoms with E-state index in [-0.39, 0.29) is 11.6 Å². The summed E-state index contributed by atoms with van der Waals surface area (Å²) in [5.74, 6) is 0. The SMILES string of the molecule is FC12CC(CNCc3ccc4nc(Cn5cc(-c6cc(Br)cc7c6cnn7C6CCCCO6)nn5)cn4c3)(C1)C2. The number of hydrogen-bond donors (Lipinski definition) is 1. The zero-order valence-corrected chi connectivity index (χ0v) is 23.6. The van der Waals surface area contributed by atoms with E-state index in [1.807, 2.05) is 34.0 Å². The molecule has 4 aromatic heterocycles. The molecule has 4 fully saturated rings. The Labute approximate surface area is 238 Å². The van der Waals surface area contributed by atoms with Crippen LogP contribution in [0, 0.1) is 5.41 Å². The highest BCUT2D eigenvalue weighted by Gasteiger charge is 2.68. The van der Waals surface area contributed by atoms with Crippen molar-refractivity contribution in [2.24, 2.45) is 5.41 Å². The number of rotatable bonds is 8. The fourth-order valence-corrected chi connectivity index (χ4v) is 7.37. The van der Waals surface area contributed by atoms with Gasteiger partial charge in [-0.2, -0.15) is 5.10 Å². The van der Waals surface area contributed by atoms with E-state index in [2.05, 4.69) is 65.5 Å². The number of alkyl halides is 1. The van der Waals surface area contributed by atoms with E-state index in [9.17, 15) is 4.39 Å². The quantitative estimate of drug-likeness (QED) is 0.254. The van der Waals surface area contributed by atoms with E-state index in [0.29, 0.717) is 6.54 Å². The summed E-state index contributed by atoms with van der Waals surface area (Å²) in [5.41, 5.74) is 5.14. The third-order valence-electron chi connectivity index (χ3n) is 8.71. The van der Waals surface area contributed by atoms with Crippen LogP contribution in [0.3, 0.4) is 0 Å². The van der Waals surface area contributed by atoms with Crippen molar-refractivity contribution >= 4 is 32.5 Å². The normalized spacial score (nSPS) is 25.8. The maximum absolute atomic E-state index is 13.8. The lowest BCUT2D eigenvalue weighted by molar-refractivity contribution is -0.209. The van der Waals surface area contributed by atoms with E-state index < -0.39 is 5.67 Å². The second-order valence-electron chi connectivity index (χ2n) is 11.9. The standard InChI is InChI=1S/C29H30BrFN8O/c30-20-7-22(23-10-33-39(25(23)8-20)27-3-1-2-6-40-27)24-14-38(36-35-24)13-21-12-37-11-19(4-5-26(37)34-21)9-32-18-28-15-29(31,16-28)17-28/h4-5,7-8,10-12,14,27,32H,1-3,6,9,13,15-18H2. The van der Waals surface area contributed by atoms with Gasteiger partial charge < -0.3 is 14.5 Å². The van der Waals surface area contributed by atoms with Crippen molar-refractivity contribution in [1.82, 2.24) is 39.5 Å². The second-order valence-corrected chi connectivity index (χ2v) is 12.8. The molecule has 206 valence electrons. The Morgan fingerprint density at radius 1 is 1.12 bits per heavy atom. The molecule has 9 rings (SSSR count). The number of halogens is 2. The number of benzene rings is 1. The molecule has 1 saturated heterocycles. The summed E-state index contributed by atoms with van der Waals surface area (Å²) >= 11 is 3.68. The summed E-state index contributed by atoms with van der Waals surface area (Å²) in [6.45, 7) is 2.94. The molecule has 0 radical (unpaired) electrons. The van der Waals surface area contributed by atoms with Gasteiger partial charge in [-0.25, -0.2) is 18.7 Å². The van der Waals surface area contributed by atoms with Crippen LogP contribution in [0.4, 0.5) is 4.39 Å². The average Bonchev–Trinajstić information content (AvgIpc) is 3.65. The topological polar surface area (TPSA) is 87.1 Å². The number of imidazole rings is 1. The summed E-state index contributed by atoms with van der Waals surface area (Å²) in [7, 11) is 0. The van der Waals surface area contributed by atoms with Crippen LogP contribution in [0.25, 0.3) is 27.8 Å². The van der Waals surface area contributed by atoms with E-state index in [1.165, 1.54) is 5.56 Å².